The van der Waals surface area contributed by atoms with Gasteiger partial charge in [0.25, 0.3) is 0 Å². The minimum absolute atomic E-state index is 0.294. The van der Waals surface area contributed by atoms with Crippen LogP contribution < -0.4 is 5.32 Å². The number of para-hydroxylation sites is 1. The molecule has 0 spiro atoms. The first-order chi connectivity index (χ1) is 7.27. The summed E-state index contributed by atoms with van der Waals surface area (Å²) in [7, 11) is 0. The number of aliphatic carboxylic acids is 1. The standard InChI is InChI=1S/C12H15NO2/c14-12(15)11(9-5-4-6-9)13-10-7-2-1-3-8-10/h1-3,7-9,11,13H,4-6H2,(H,14,15). The van der Waals surface area contributed by atoms with Gasteiger partial charge in [0, 0.05) is 5.69 Å². The fourth-order valence-electron chi connectivity index (χ4n) is 1.87. The van der Waals surface area contributed by atoms with E-state index in [1.807, 2.05) is 30.3 Å². The summed E-state index contributed by atoms with van der Waals surface area (Å²) >= 11 is 0. The van der Waals surface area contributed by atoms with E-state index < -0.39 is 12.0 Å². The molecule has 2 rings (SSSR count). The highest BCUT2D eigenvalue weighted by Crippen LogP contribution is 2.31. The fraction of sp³-hybridized carbons (Fsp3) is 0.417. The van der Waals surface area contributed by atoms with Crippen molar-refractivity contribution in [2.75, 3.05) is 5.32 Å². The van der Waals surface area contributed by atoms with Crippen molar-refractivity contribution in [3.8, 4) is 0 Å². The van der Waals surface area contributed by atoms with E-state index >= 15 is 0 Å². The van der Waals surface area contributed by atoms with Crippen LogP contribution >= 0.6 is 0 Å². The fourth-order valence-corrected chi connectivity index (χ4v) is 1.87. The van der Waals surface area contributed by atoms with E-state index in [0.717, 1.165) is 24.9 Å². The molecule has 1 unspecified atom stereocenters. The van der Waals surface area contributed by atoms with Gasteiger partial charge in [0.2, 0.25) is 0 Å². The molecule has 1 saturated carbocycles. The molecule has 80 valence electrons. The number of hydrogen-bond acceptors (Lipinski definition) is 2. The monoisotopic (exact) mass is 205 g/mol. The van der Waals surface area contributed by atoms with Crippen LogP contribution in [0, 0.1) is 5.92 Å². The molecule has 3 nitrogen and oxygen atoms in total. The average molecular weight is 205 g/mol. The van der Waals surface area contributed by atoms with Crippen molar-refractivity contribution >= 4 is 11.7 Å². The van der Waals surface area contributed by atoms with Crippen LogP contribution in [0.15, 0.2) is 30.3 Å². The van der Waals surface area contributed by atoms with Gasteiger partial charge < -0.3 is 10.4 Å². The van der Waals surface area contributed by atoms with Crippen molar-refractivity contribution in [2.24, 2.45) is 5.92 Å². The summed E-state index contributed by atoms with van der Waals surface area (Å²) in [6.45, 7) is 0. The molecular weight excluding hydrogens is 190 g/mol. The minimum Gasteiger partial charge on any atom is -0.480 e. The number of carbonyl (C=O) groups is 1. The van der Waals surface area contributed by atoms with E-state index in [1.54, 1.807) is 0 Å². The molecule has 1 aromatic rings. The zero-order chi connectivity index (χ0) is 10.7. The quantitative estimate of drug-likeness (QED) is 0.793. The number of hydrogen-bond donors (Lipinski definition) is 2. The molecule has 2 N–H and O–H groups in total. The highest BCUT2D eigenvalue weighted by Gasteiger charge is 2.32. The zero-order valence-electron chi connectivity index (χ0n) is 8.52. The molecule has 1 aromatic carbocycles. The van der Waals surface area contributed by atoms with Crippen molar-refractivity contribution in [3.05, 3.63) is 30.3 Å². The summed E-state index contributed by atoms with van der Waals surface area (Å²) in [6.07, 6.45) is 3.21. The number of benzene rings is 1. The Morgan fingerprint density at radius 1 is 1.33 bits per heavy atom. The van der Waals surface area contributed by atoms with Crippen LogP contribution in [0.3, 0.4) is 0 Å². The lowest BCUT2D eigenvalue weighted by molar-refractivity contribution is -0.139. The number of rotatable bonds is 4. The molecule has 0 aromatic heterocycles. The summed E-state index contributed by atoms with van der Waals surface area (Å²) in [6, 6.07) is 9.10. The molecule has 15 heavy (non-hydrogen) atoms. The predicted octanol–water partition coefficient (Wildman–Crippen LogP) is 2.35. The number of carboxylic acid groups (broad SMARTS) is 1. The van der Waals surface area contributed by atoms with Crippen LogP contribution in [0.5, 0.6) is 0 Å². The highest BCUT2D eigenvalue weighted by molar-refractivity contribution is 5.77. The molecule has 0 radical (unpaired) electrons. The Balaban J connectivity index is 2.03. The first-order valence-corrected chi connectivity index (χ1v) is 5.32. The first-order valence-electron chi connectivity index (χ1n) is 5.32. The van der Waals surface area contributed by atoms with Crippen LogP contribution in [0.25, 0.3) is 0 Å². The maximum absolute atomic E-state index is 11.1. The lowest BCUT2D eigenvalue weighted by Gasteiger charge is -2.32. The lowest BCUT2D eigenvalue weighted by atomic mass is 9.79. The molecule has 0 heterocycles. The Bertz CT molecular complexity index is 333. The van der Waals surface area contributed by atoms with Gasteiger partial charge in [0.15, 0.2) is 0 Å². The van der Waals surface area contributed by atoms with Crippen molar-refractivity contribution in [3.63, 3.8) is 0 Å². The Morgan fingerprint density at radius 3 is 2.47 bits per heavy atom. The maximum Gasteiger partial charge on any atom is 0.326 e. The number of carboxylic acids is 1. The molecule has 0 amide bonds. The smallest absolute Gasteiger partial charge is 0.326 e. The predicted molar refractivity (Wildman–Crippen MR) is 58.8 cm³/mol. The number of nitrogens with one attached hydrogen (secondary N) is 1. The topological polar surface area (TPSA) is 49.3 Å². The van der Waals surface area contributed by atoms with Gasteiger partial charge in [-0.1, -0.05) is 24.6 Å². The van der Waals surface area contributed by atoms with E-state index in [4.69, 9.17) is 5.11 Å². The second-order valence-corrected chi connectivity index (χ2v) is 4.02. The maximum atomic E-state index is 11.1. The van der Waals surface area contributed by atoms with E-state index in [2.05, 4.69) is 5.32 Å². The van der Waals surface area contributed by atoms with E-state index in [0.29, 0.717) is 5.92 Å². The molecule has 1 atom stereocenters. The summed E-state index contributed by atoms with van der Waals surface area (Å²) in [5.41, 5.74) is 0.886. The average Bonchev–Trinajstić information content (AvgIpc) is 2.15. The van der Waals surface area contributed by atoms with E-state index in [9.17, 15) is 4.79 Å². The van der Waals surface area contributed by atoms with Gasteiger partial charge in [-0.25, -0.2) is 4.79 Å². The second-order valence-electron chi connectivity index (χ2n) is 4.02. The Hall–Kier alpha value is -1.51. The molecular formula is C12H15NO2. The lowest BCUT2D eigenvalue weighted by Crippen LogP contribution is -2.40. The third-order valence-electron chi connectivity index (χ3n) is 2.98. The van der Waals surface area contributed by atoms with Gasteiger partial charge in [-0.2, -0.15) is 0 Å². The minimum atomic E-state index is -0.747. The first kappa shape index (κ1) is 10.0. The molecule has 1 aliphatic rings. The Labute approximate surface area is 89.1 Å². The van der Waals surface area contributed by atoms with Crippen LogP contribution in [-0.4, -0.2) is 17.1 Å². The zero-order valence-corrected chi connectivity index (χ0v) is 8.52. The Morgan fingerprint density at radius 2 is 2.00 bits per heavy atom. The highest BCUT2D eigenvalue weighted by atomic mass is 16.4. The van der Waals surface area contributed by atoms with Gasteiger partial charge >= 0.3 is 5.97 Å². The van der Waals surface area contributed by atoms with Crippen LogP contribution in [0.2, 0.25) is 0 Å². The largest absolute Gasteiger partial charge is 0.480 e. The summed E-state index contributed by atoms with van der Waals surface area (Å²) in [5.74, 6) is -0.453. The van der Waals surface area contributed by atoms with Gasteiger partial charge in [0.1, 0.15) is 6.04 Å². The van der Waals surface area contributed by atoms with Crippen LogP contribution in [0.4, 0.5) is 5.69 Å². The molecule has 0 bridgehead atoms. The molecule has 1 aliphatic carbocycles. The van der Waals surface area contributed by atoms with Crippen molar-refractivity contribution in [1.82, 2.24) is 0 Å². The van der Waals surface area contributed by atoms with Crippen LogP contribution in [-0.2, 0) is 4.79 Å². The molecule has 1 fully saturated rings. The summed E-state index contributed by atoms with van der Waals surface area (Å²) < 4.78 is 0. The Kier molecular flexibility index (Phi) is 2.90. The van der Waals surface area contributed by atoms with Crippen molar-refractivity contribution in [2.45, 2.75) is 25.3 Å². The van der Waals surface area contributed by atoms with Gasteiger partial charge in [-0.05, 0) is 30.9 Å². The molecule has 3 heteroatoms. The normalized spacial score (nSPS) is 17.9. The number of anilines is 1. The van der Waals surface area contributed by atoms with Gasteiger partial charge in [-0.15, -0.1) is 0 Å². The van der Waals surface area contributed by atoms with E-state index in [-0.39, 0.29) is 0 Å². The summed E-state index contributed by atoms with van der Waals surface area (Å²) in [5, 5.41) is 12.2. The van der Waals surface area contributed by atoms with E-state index in [1.165, 1.54) is 0 Å². The van der Waals surface area contributed by atoms with Crippen molar-refractivity contribution in [1.29, 1.82) is 0 Å². The third-order valence-corrected chi connectivity index (χ3v) is 2.98. The van der Waals surface area contributed by atoms with Gasteiger partial charge in [0.05, 0.1) is 0 Å². The molecule has 0 aliphatic heterocycles. The third kappa shape index (κ3) is 2.29. The van der Waals surface area contributed by atoms with Crippen molar-refractivity contribution < 1.29 is 9.90 Å². The molecule has 0 saturated heterocycles. The van der Waals surface area contributed by atoms with Crippen LogP contribution in [0.1, 0.15) is 19.3 Å². The second kappa shape index (κ2) is 4.34. The summed E-state index contributed by atoms with van der Waals surface area (Å²) in [4.78, 5) is 11.1. The SMILES string of the molecule is O=C(O)C(Nc1ccccc1)C1CCC1. The van der Waals surface area contributed by atoms with Gasteiger partial charge in [-0.3, -0.25) is 0 Å².